The molecule has 4 rings (SSSR count). The molecule has 0 spiro atoms. The van der Waals surface area contributed by atoms with Crippen molar-refractivity contribution >= 4 is 16.0 Å². The Morgan fingerprint density at radius 3 is 2.17 bits per heavy atom. The molecule has 0 radical (unpaired) electrons. The fourth-order valence-corrected chi connectivity index (χ4v) is 5.62. The number of aromatic nitrogens is 2. The number of alkyl halides is 3. The number of hydrogen-bond acceptors (Lipinski definition) is 6. The Bertz CT molecular complexity index is 984. The molecule has 0 amide bonds. The predicted molar refractivity (Wildman–Crippen MR) is 98.0 cm³/mol. The van der Waals surface area contributed by atoms with Crippen LogP contribution in [0.2, 0.25) is 0 Å². The average Bonchev–Trinajstić information content (AvgIpc) is 3.27. The molecule has 0 saturated carbocycles. The first-order valence-corrected chi connectivity index (χ1v) is 10.4. The van der Waals surface area contributed by atoms with E-state index in [9.17, 15) is 21.6 Å². The van der Waals surface area contributed by atoms with Crippen LogP contribution in [0.4, 0.5) is 19.1 Å². The maximum Gasteiger partial charge on any atom is 0.419 e. The third-order valence-corrected chi connectivity index (χ3v) is 7.26. The lowest BCUT2D eigenvalue weighted by molar-refractivity contribution is -0.138. The van der Waals surface area contributed by atoms with Crippen molar-refractivity contribution in [2.45, 2.75) is 11.1 Å². The molecule has 2 atom stereocenters. The van der Waals surface area contributed by atoms with Gasteiger partial charge in [-0.15, -0.1) is 0 Å². The van der Waals surface area contributed by atoms with E-state index in [1.807, 2.05) is 4.90 Å². The highest BCUT2D eigenvalue weighted by Gasteiger charge is 2.45. The van der Waals surface area contributed by atoms with E-state index in [0.29, 0.717) is 31.9 Å². The van der Waals surface area contributed by atoms with Crippen molar-refractivity contribution in [2.75, 3.05) is 38.2 Å². The fraction of sp³-hybridized carbons (Fsp3) is 0.444. The molecule has 2 aliphatic heterocycles. The second-order valence-electron chi connectivity index (χ2n) is 7.17. The summed E-state index contributed by atoms with van der Waals surface area (Å²) in [6.45, 7) is 1.66. The van der Waals surface area contributed by atoms with Crippen LogP contribution >= 0.6 is 0 Å². The van der Waals surface area contributed by atoms with Crippen LogP contribution in [0, 0.1) is 11.8 Å². The minimum Gasteiger partial charge on any atom is -0.495 e. The normalized spacial score (nSPS) is 22.7. The van der Waals surface area contributed by atoms with Gasteiger partial charge in [0.15, 0.2) is 0 Å². The molecule has 3 heterocycles. The zero-order valence-electron chi connectivity index (χ0n) is 15.5. The molecule has 1 aromatic heterocycles. The largest absolute Gasteiger partial charge is 0.495 e. The van der Waals surface area contributed by atoms with Gasteiger partial charge in [-0.1, -0.05) is 12.1 Å². The molecule has 0 aliphatic carbocycles. The van der Waals surface area contributed by atoms with Crippen LogP contribution in [0.5, 0.6) is 5.75 Å². The van der Waals surface area contributed by atoms with Gasteiger partial charge >= 0.3 is 6.18 Å². The quantitative estimate of drug-likeness (QED) is 0.744. The first kappa shape index (κ1) is 19.9. The lowest BCUT2D eigenvalue weighted by Gasteiger charge is -2.22. The van der Waals surface area contributed by atoms with Crippen molar-refractivity contribution in [3.05, 3.63) is 42.2 Å². The summed E-state index contributed by atoms with van der Waals surface area (Å²) in [5.74, 6) is 0.645. The van der Waals surface area contributed by atoms with E-state index in [4.69, 9.17) is 4.74 Å². The number of para-hydroxylation sites is 1. The van der Waals surface area contributed by atoms with Crippen LogP contribution in [0.3, 0.4) is 0 Å². The molecule has 2 fully saturated rings. The number of methoxy groups -OCH3 is 1. The van der Waals surface area contributed by atoms with Crippen molar-refractivity contribution in [3.8, 4) is 5.75 Å². The number of ether oxygens (including phenoxy) is 1. The van der Waals surface area contributed by atoms with Crippen molar-refractivity contribution in [1.82, 2.24) is 14.3 Å². The van der Waals surface area contributed by atoms with Gasteiger partial charge in [0.2, 0.25) is 16.0 Å². The highest BCUT2D eigenvalue weighted by molar-refractivity contribution is 7.89. The summed E-state index contributed by atoms with van der Waals surface area (Å²) in [7, 11) is -2.27. The van der Waals surface area contributed by atoms with E-state index in [1.54, 1.807) is 18.2 Å². The number of nitrogens with zero attached hydrogens (tertiary/aromatic N) is 4. The zero-order valence-corrected chi connectivity index (χ0v) is 16.3. The van der Waals surface area contributed by atoms with Crippen molar-refractivity contribution in [3.63, 3.8) is 0 Å². The Morgan fingerprint density at radius 2 is 1.62 bits per heavy atom. The number of sulfonamides is 1. The molecule has 2 saturated heterocycles. The molecule has 156 valence electrons. The Labute approximate surface area is 166 Å². The predicted octanol–water partition coefficient (Wildman–Crippen LogP) is 2.26. The van der Waals surface area contributed by atoms with E-state index in [2.05, 4.69) is 9.97 Å². The van der Waals surface area contributed by atoms with E-state index >= 15 is 0 Å². The lowest BCUT2D eigenvalue weighted by atomic mass is 10.0. The minimum atomic E-state index is -4.48. The monoisotopic (exact) mass is 428 g/mol. The molecule has 2 aliphatic rings. The molecule has 29 heavy (non-hydrogen) atoms. The number of rotatable bonds is 4. The maximum absolute atomic E-state index is 13.0. The van der Waals surface area contributed by atoms with Crippen molar-refractivity contribution < 1.29 is 26.3 Å². The molecule has 11 heteroatoms. The molecule has 1 aromatic carbocycles. The van der Waals surface area contributed by atoms with Gasteiger partial charge in [0, 0.05) is 38.6 Å². The topological polar surface area (TPSA) is 75.6 Å². The number of benzene rings is 1. The number of hydrogen-bond donors (Lipinski definition) is 0. The van der Waals surface area contributed by atoms with Gasteiger partial charge in [0.25, 0.3) is 0 Å². The van der Waals surface area contributed by atoms with Gasteiger partial charge in [-0.05, 0) is 24.0 Å². The summed E-state index contributed by atoms with van der Waals surface area (Å²) in [5.41, 5.74) is -0.894. The van der Waals surface area contributed by atoms with Crippen LogP contribution in [0.15, 0.2) is 41.6 Å². The Morgan fingerprint density at radius 1 is 1.03 bits per heavy atom. The molecule has 7 nitrogen and oxygen atoms in total. The summed E-state index contributed by atoms with van der Waals surface area (Å²) in [4.78, 5) is 9.62. The molecule has 0 bridgehead atoms. The highest BCUT2D eigenvalue weighted by atomic mass is 32.2. The number of anilines is 1. The van der Waals surface area contributed by atoms with Gasteiger partial charge in [0.05, 0.1) is 12.7 Å². The van der Waals surface area contributed by atoms with E-state index < -0.39 is 21.8 Å². The number of fused-ring (bicyclic) bond motifs is 1. The Hall–Kier alpha value is -2.40. The van der Waals surface area contributed by atoms with Gasteiger partial charge in [-0.25, -0.2) is 18.4 Å². The summed E-state index contributed by atoms with van der Waals surface area (Å²) < 4.78 is 70.7. The fourth-order valence-electron chi connectivity index (χ4n) is 3.91. The van der Waals surface area contributed by atoms with Gasteiger partial charge in [-0.3, -0.25) is 0 Å². The highest BCUT2D eigenvalue weighted by Crippen LogP contribution is 2.37. The van der Waals surface area contributed by atoms with E-state index in [0.717, 1.165) is 12.4 Å². The summed E-state index contributed by atoms with van der Waals surface area (Å²) in [5, 5.41) is 0. The molecular weight excluding hydrogens is 409 g/mol. The Kier molecular flexibility index (Phi) is 4.89. The van der Waals surface area contributed by atoms with Crippen LogP contribution < -0.4 is 9.64 Å². The lowest BCUT2D eigenvalue weighted by Crippen LogP contribution is -2.34. The third kappa shape index (κ3) is 3.64. The first-order chi connectivity index (χ1) is 13.7. The van der Waals surface area contributed by atoms with Crippen molar-refractivity contribution in [2.24, 2.45) is 11.8 Å². The summed E-state index contributed by atoms with van der Waals surface area (Å²) >= 11 is 0. The first-order valence-electron chi connectivity index (χ1n) is 8.97. The second-order valence-corrected chi connectivity index (χ2v) is 9.07. The molecule has 2 unspecified atom stereocenters. The smallest absolute Gasteiger partial charge is 0.419 e. The minimum absolute atomic E-state index is 0.0605. The summed E-state index contributed by atoms with van der Waals surface area (Å²) in [6, 6.07) is 6.48. The van der Waals surface area contributed by atoms with Crippen LogP contribution in [-0.2, 0) is 16.2 Å². The molecular formula is C18H19F3N4O3S. The third-order valence-electron chi connectivity index (χ3n) is 5.39. The Balaban J connectivity index is 1.46. The standard InChI is InChI=1S/C18H19F3N4O3S/c1-28-15-4-2-3-5-16(15)29(26,27)25-10-12-8-24(9-13(12)11-25)17-22-6-14(7-23-17)18(19,20)21/h2-7,12-13H,8-11H2,1H3. The summed E-state index contributed by atoms with van der Waals surface area (Å²) in [6.07, 6.45) is -2.93. The van der Waals surface area contributed by atoms with Gasteiger partial charge in [-0.2, -0.15) is 17.5 Å². The van der Waals surface area contributed by atoms with Gasteiger partial charge in [0.1, 0.15) is 10.6 Å². The molecule has 0 N–H and O–H groups in total. The van der Waals surface area contributed by atoms with Gasteiger partial charge < -0.3 is 9.64 Å². The van der Waals surface area contributed by atoms with Crippen LogP contribution in [-0.4, -0.2) is 56.0 Å². The van der Waals surface area contributed by atoms with E-state index in [-0.39, 0.29) is 22.7 Å². The second kappa shape index (κ2) is 7.13. The van der Waals surface area contributed by atoms with Crippen LogP contribution in [0.25, 0.3) is 0 Å². The van der Waals surface area contributed by atoms with E-state index in [1.165, 1.54) is 17.5 Å². The SMILES string of the molecule is COc1ccccc1S(=O)(=O)N1CC2CN(c3ncc(C(F)(F)F)cn3)CC2C1. The van der Waals surface area contributed by atoms with Crippen molar-refractivity contribution in [1.29, 1.82) is 0 Å². The average molecular weight is 428 g/mol. The zero-order chi connectivity index (χ0) is 20.8. The molecule has 2 aromatic rings. The van der Waals surface area contributed by atoms with Crippen LogP contribution in [0.1, 0.15) is 5.56 Å². The maximum atomic E-state index is 13.0. The number of halogens is 3.